The predicted molar refractivity (Wildman–Crippen MR) is 99.9 cm³/mol. The van der Waals surface area contributed by atoms with Gasteiger partial charge in [-0.05, 0) is 51.1 Å². The van der Waals surface area contributed by atoms with Crippen molar-refractivity contribution in [3.63, 3.8) is 0 Å². The van der Waals surface area contributed by atoms with Gasteiger partial charge >= 0.3 is 0 Å². The monoisotopic (exact) mass is 379 g/mol. The van der Waals surface area contributed by atoms with E-state index >= 15 is 0 Å². The minimum atomic E-state index is -1.13. The molecule has 140 valence electrons. The number of carbonyl (C=O) groups is 1. The number of hydrogen-bond donors (Lipinski definition) is 1. The molecule has 0 aliphatic rings. The van der Waals surface area contributed by atoms with Gasteiger partial charge in [-0.25, -0.2) is 4.39 Å². The molecule has 0 radical (unpaired) electrons. The second-order valence-corrected chi connectivity index (χ2v) is 7.10. The van der Waals surface area contributed by atoms with Crippen LogP contribution in [0.4, 0.5) is 4.39 Å². The zero-order chi connectivity index (χ0) is 19.4. The fourth-order valence-electron chi connectivity index (χ4n) is 2.47. The molecular formula is C20H23ClFNO3. The highest BCUT2D eigenvalue weighted by molar-refractivity contribution is 6.30. The Balaban J connectivity index is 2.07. The van der Waals surface area contributed by atoms with E-state index < -0.39 is 11.2 Å². The predicted octanol–water partition coefficient (Wildman–Crippen LogP) is 4.31. The van der Waals surface area contributed by atoms with Crippen LogP contribution in [0.2, 0.25) is 5.02 Å². The molecule has 0 saturated carbocycles. The summed E-state index contributed by atoms with van der Waals surface area (Å²) in [5.41, 5.74) is -1.76. The van der Waals surface area contributed by atoms with Gasteiger partial charge in [0.25, 0.3) is 5.91 Å². The van der Waals surface area contributed by atoms with E-state index in [0.717, 1.165) is 0 Å². The van der Waals surface area contributed by atoms with Crippen LogP contribution in [0.3, 0.4) is 0 Å². The normalized spacial score (nSPS) is 13.8. The number of halogens is 2. The average molecular weight is 380 g/mol. The molecule has 4 nitrogen and oxygen atoms in total. The van der Waals surface area contributed by atoms with Gasteiger partial charge in [0.2, 0.25) is 0 Å². The minimum absolute atomic E-state index is 0.0939. The number of rotatable bonds is 7. The van der Waals surface area contributed by atoms with Gasteiger partial charge < -0.3 is 14.8 Å². The first-order valence-electron chi connectivity index (χ1n) is 8.21. The number of methoxy groups -OCH3 is 1. The molecule has 2 rings (SSSR count). The zero-order valence-electron chi connectivity index (χ0n) is 15.3. The van der Waals surface area contributed by atoms with Crippen LogP contribution in [-0.4, -0.2) is 25.2 Å². The Labute approximate surface area is 158 Å². The van der Waals surface area contributed by atoms with Crippen molar-refractivity contribution >= 4 is 17.5 Å². The van der Waals surface area contributed by atoms with Crippen molar-refractivity contribution in [2.75, 3.05) is 13.7 Å². The van der Waals surface area contributed by atoms with Gasteiger partial charge in [0, 0.05) is 17.7 Å². The van der Waals surface area contributed by atoms with E-state index in [4.69, 9.17) is 21.1 Å². The first-order valence-corrected chi connectivity index (χ1v) is 8.59. The maximum atomic E-state index is 14.1. The first-order chi connectivity index (χ1) is 12.2. The summed E-state index contributed by atoms with van der Waals surface area (Å²) in [5, 5.41) is 3.37. The summed E-state index contributed by atoms with van der Waals surface area (Å²) in [7, 11) is 1.48. The van der Waals surface area contributed by atoms with E-state index in [1.54, 1.807) is 63.2 Å². The van der Waals surface area contributed by atoms with Crippen molar-refractivity contribution in [1.29, 1.82) is 0 Å². The van der Waals surface area contributed by atoms with Gasteiger partial charge in [-0.3, -0.25) is 4.79 Å². The van der Waals surface area contributed by atoms with E-state index in [-0.39, 0.29) is 18.3 Å². The van der Waals surface area contributed by atoms with Crippen LogP contribution in [0.1, 0.15) is 26.3 Å². The topological polar surface area (TPSA) is 47.6 Å². The molecule has 1 atom stereocenters. The van der Waals surface area contributed by atoms with Crippen molar-refractivity contribution in [3.05, 3.63) is 64.9 Å². The maximum absolute atomic E-state index is 14.1. The van der Waals surface area contributed by atoms with Crippen molar-refractivity contribution < 1.29 is 18.7 Å². The summed E-state index contributed by atoms with van der Waals surface area (Å²) < 4.78 is 25.4. The highest BCUT2D eigenvalue weighted by Crippen LogP contribution is 2.27. The fourth-order valence-corrected chi connectivity index (χ4v) is 2.60. The summed E-state index contributed by atoms with van der Waals surface area (Å²) in [6.45, 7) is 5.13. The number of benzene rings is 2. The summed E-state index contributed by atoms with van der Waals surface area (Å²) in [6.07, 6.45) is 0. The minimum Gasteiger partial charge on any atom is -0.478 e. The second kappa shape index (κ2) is 8.06. The van der Waals surface area contributed by atoms with E-state index in [9.17, 15) is 9.18 Å². The Morgan fingerprint density at radius 3 is 2.31 bits per heavy atom. The number of ether oxygens (including phenoxy) is 2. The molecule has 0 fully saturated rings. The lowest BCUT2D eigenvalue weighted by Crippen LogP contribution is -2.50. The van der Waals surface area contributed by atoms with Crippen LogP contribution in [0.5, 0.6) is 5.75 Å². The van der Waals surface area contributed by atoms with E-state index in [0.29, 0.717) is 16.3 Å². The number of carbonyl (C=O) groups excluding carboxylic acids is 1. The second-order valence-electron chi connectivity index (χ2n) is 6.66. The van der Waals surface area contributed by atoms with Crippen LogP contribution in [0.25, 0.3) is 0 Å². The van der Waals surface area contributed by atoms with Crippen molar-refractivity contribution in [1.82, 2.24) is 5.32 Å². The molecule has 2 aromatic carbocycles. The van der Waals surface area contributed by atoms with Crippen LogP contribution in [0, 0.1) is 5.82 Å². The molecule has 0 saturated heterocycles. The smallest absolute Gasteiger partial charge is 0.263 e. The molecule has 0 aliphatic carbocycles. The molecule has 6 heteroatoms. The lowest BCUT2D eigenvalue weighted by atomic mass is 9.94. The Morgan fingerprint density at radius 2 is 1.73 bits per heavy atom. The highest BCUT2D eigenvalue weighted by Gasteiger charge is 2.34. The number of amides is 1. The summed E-state index contributed by atoms with van der Waals surface area (Å²) in [6, 6.07) is 13.1. The Hall–Kier alpha value is -2.11. The lowest BCUT2D eigenvalue weighted by molar-refractivity contribution is -0.135. The number of nitrogens with one attached hydrogen (secondary N) is 1. The number of hydrogen-bond acceptors (Lipinski definition) is 3. The average Bonchev–Trinajstić information content (AvgIpc) is 2.61. The Bertz CT molecular complexity index is 764. The summed E-state index contributed by atoms with van der Waals surface area (Å²) >= 11 is 5.85. The third kappa shape index (κ3) is 4.74. The Morgan fingerprint density at radius 1 is 1.12 bits per heavy atom. The zero-order valence-corrected chi connectivity index (χ0v) is 16.1. The quantitative estimate of drug-likeness (QED) is 0.779. The SMILES string of the molecule is CO[C@@](C)(CNC(=O)C(C)(C)Oc1ccc(Cl)cc1)c1ccccc1F. The molecule has 0 aliphatic heterocycles. The van der Waals surface area contributed by atoms with Gasteiger partial charge in [-0.15, -0.1) is 0 Å². The largest absolute Gasteiger partial charge is 0.478 e. The van der Waals surface area contributed by atoms with Crippen molar-refractivity contribution in [3.8, 4) is 5.75 Å². The van der Waals surface area contributed by atoms with Gasteiger partial charge in [0.1, 0.15) is 17.2 Å². The molecule has 0 bridgehead atoms. The van der Waals surface area contributed by atoms with Crippen LogP contribution < -0.4 is 10.1 Å². The highest BCUT2D eigenvalue weighted by atomic mass is 35.5. The van der Waals surface area contributed by atoms with Gasteiger partial charge in [-0.2, -0.15) is 0 Å². The van der Waals surface area contributed by atoms with Crippen LogP contribution in [-0.2, 0) is 15.1 Å². The fraction of sp³-hybridized carbons (Fsp3) is 0.350. The molecule has 1 N–H and O–H groups in total. The molecule has 0 aromatic heterocycles. The standard InChI is InChI=1S/C20H23ClFNO3/c1-19(2,26-15-11-9-14(21)10-12-15)18(24)23-13-20(3,25-4)16-7-5-6-8-17(16)22/h5-12H,13H2,1-4H3,(H,23,24)/t20-/m0/s1. The molecule has 2 aromatic rings. The summed E-state index contributed by atoms with van der Waals surface area (Å²) in [5.74, 6) is -0.201. The van der Waals surface area contributed by atoms with Gasteiger partial charge in [-0.1, -0.05) is 29.8 Å². The van der Waals surface area contributed by atoms with Crippen LogP contribution >= 0.6 is 11.6 Å². The van der Waals surface area contributed by atoms with Crippen molar-refractivity contribution in [2.45, 2.75) is 32.0 Å². The van der Waals surface area contributed by atoms with E-state index in [1.165, 1.54) is 13.2 Å². The van der Waals surface area contributed by atoms with Gasteiger partial charge in [0.15, 0.2) is 5.60 Å². The third-order valence-electron chi connectivity index (χ3n) is 4.21. The third-order valence-corrected chi connectivity index (χ3v) is 4.47. The molecule has 26 heavy (non-hydrogen) atoms. The van der Waals surface area contributed by atoms with E-state index in [1.807, 2.05) is 0 Å². The van der Waals surface area contributed by atoms with Crippen molar-refractivity contribution in [2.24, 2.45) is 0 Å². The molecule has 1 amide bonds. The molecule has 0 heterocycles. The summed E-state index contributed by atoms with van der Waals surface area (Å²) in [4.78, 5) is 12.6. The first kappa shape index (κ1) is 20.2. The molecule has 0 unspecified atom stereocenters. The lowest BCUT2D eigenvalue weighted by Gasteiger charge is -2.32. The molecule has 0 spiro atoms. The van der Waals surface area contributed by atoms with Crippen LogP contribution in [0.15, 0.2) is 48.5 Å². The maximum Gasteiger partial charge on any atom is 0.263 e. The Kier molecular flexibility index (Phi) is 6.26. The van der Waals surface area contributed by atoms with Gasteiger partial charge in [0.05, 0.1) is 6.54 Å². The molecular weight excluding hydrogens is 357 g/mol. The van der Waals surface area contributed by atoms with E-state index in [2.05, 4.69) is 5.32 Å².